The molecule has 0 aromatic heterocycles. The lowest BCUT2D eigenvalue weighted by atomic mass is 10.1. The number of methoxy groups -OCH3 is 1. The highest BCUT2D eigenvalue weighted by Gasteiger charge is 2.26. The third kappa shape index (κ3) is 3.63. The second-order valence-electron chi connectivity index (χ2n) is 5.00. The average Bonchev–Trinajstić information content (AvgIpc) is 2.47. The van der Waals surface area contributed by atoms with Gasteiger partial charge in [0.25, 0.3) is 5.91 Å². The zero-order valence-corrected chi connectivity index (χ0v) is 11.9. The molecule has 1 heterocycles. The van der Waals surface area contributed by atoms with Crippen LogP contribution in [-0.4, -0.2) is 48.3 Å². The molecule has 0 aliphatic carbocycles. The first-order valence-corrected chi connectivity index (χ1v) is 6.87. The van der Waals surface area contributed by atoms with Crippen LogP contribution >= 0.6 is 0 Å². The number of hydrogen-bond acceptors (Lipinski definition) is 4. The van der Waals surface area contributed by atoms with E-state index < -0.39 is 6.10 Å². The van der Waals surface area contributed by atoms with Crippen LogP contribution in [-0.2, 0) is 4.79 Å². The van der Waals surface area contributed by atoms with Crippen molar-refractivity contribution >= 4 is 5.91 Å². The molecular formula is C15H21NO4. The molecule has 1 aliphatic rings. The van der Waals surface area contributed by atoms with E-state index >= 15 is 0 Å². The number of ether oxygens (including phenoxy) is 2. The maximum atomic E-state index is 12.3. The number of likely N-dealkylation sites (tertiary alicyclic amines) is 1. The van der Waals surface area contributed by atoms with Gasteiger partial charge in [0, 0.05) is 19.2 Å². The Labute approximate surface area is 119 Å². The topological polar surface area (TPSA) is 59.0 Å². The summed E-state index contributed by atoms with van der Waals surface area (Å²) in [4.78, 5) is 14.0. The molecule has 1 N–H and O–H groups in total. The van der Waals surface area contributed by atoms with E-state index in [9.17, 15) is 9.90 Å². The highest BCUT2D eigenvalue weighted by molar-refractivity contribution is 5.81. The van der Waals surface area contributed by atoms with Gasteiger partial charge < -0.3 is 19.5 Å². The van der Waals surface area contributed by atoms with E-state index in [0.29, 0.717) is 37.4 Å². The molecular weight excluding hydrogens is 258 g/mol. The standard InChI is InChI=1S/C15H21NO4/c1-11(15(18)16-8-6-12(17)7-9-16)20-14-5-3-4-13(10-14)19-2/h3-5,10-12,17H,6-9H2,1-2H3. The van der Waals surface area contributed by atoms with Crippen LogP contribution in [0.25, 0.3) is 0 Å². The van der Waals surface area contributed by atoms with E-state index in [1.54, 1.807) is 31.1 Å². The van der Waals surface area contributed by atoms with Gasteiger partial charge in [0.15, 0.2) is 6.10 Å². The van der Waals surface area contributed by atoms with E-state index in [1.165, 1.54) is 0 Å². The molecule has 0 radical (unpaired) electrons. The number of aliphatic hydroxyl groups is 1. The first kappa shape index (κ1) is 14.7. The highest BCUT2D eigenvalue weighted by Crippen LogP contribution is 2.21. The Kier molecular flexibility index (Phi) is 4.84. The van der Waals surface area contributed by atoms with Gasteiger partial charge in [-0.2, -0.15) is 0 Å². The van der Waals surface area contributed by atoms with Crippen molar-refractivity contribution in [2.24, 2.45) is 0 Å². The molecule has 110 valence electrons. The van der Waals surface area contributed by atoms with Gasteiger partial charge >= 0.3 is 0 Å². The van der Waals surface area contributed by atoms with Crippen molar-refractivity contribution < 1.29 is 19.4 Å². The Morgan fingerprint density at radius 2 is 2.00 bits per heavy atom. The third-order valence-electron chi connectivity index (χ3n) is 3.48. The zero-order chi connectivity index (χ0) is 14.5. The van der Waals surface area contributed by atoms with Crippen LogP contribution in [0, 0.1) is 0 Å². The molecule has 5 heteroatoms. The van der Waals surface area contributed by atoms with Crippen molar-refractivity contribution in [1.82, 2.24) is 4.90 Å². The summed E-state index contributed by atoms with van der Waals surface area (Å²) in [7, 11) is 1.59. The van der Waals surface area contributed by atoms with Gasteiger partial charge in [0.05, 0.1) is 13.2 Å². The smallest absolute Gasteiger partial charge is 0.263 e. The molecule has 1 aromatic rings. The fraction of sp³-hybridized carbons (Fsp3) is 0.533. The summed E-state index contributed by atoms with van der Waals surface area (Å²) in [5.41, 5.74) is 0. The third-order valence-corrected chi connectivity index (χ3v) is 3.48. The van der Waals surface area contributed by atoms with Crippen LogP contribution < -0.4 is 9.47 Å². The molecule has 1 atom stereocenters. The zero-order valence-electron chi connectivity index (χ0n) is 11.9. The van der Waals surface area contributed by atoms with E-state index in [-0.39, 0.29) is 12.0 Å². The summed E-state index contributed by atoms with van der Waals surface area (Å²) in [6.07, 6.45) is 0.445. The minimum Gasteiger partial charge on any atom is -0.497 e. The molecule has 1 amide bonds. The van der Waals surface area contributed by atoms with Gasteiger partial charge in [-0.25, -0.2) is 0 Å². The Balaban J connectivity index is 1.93. The van der Waals surface area contributed by atoms with Gasteiger partial charge in [0.2, 0.25) is 0 Å². The fourth-order valence-electron chi connectivity index (χ4n) is 2.27. The largest absolute Gasteiger partial charge is 0.497 e. The summed E-state index contributed by atoms with van der Waals surface area (Å²) in [6, 6.07) is 7.20. The Morgan fingerprint density at radius 1 is 1.35 bits per heavy atom. The lowest BCUT2D eigenvalue weighted by Crippen LogP contribution is -2.45. The van der Waals surface area contributed by atoms with E-state index in [1.807, 2.05) is 12.1 Å². The second-order valence-corrected chi connectivity index (χ2v) is 5.00. The number of benzene rings is 1. The van der Waals surface area contributed by atoms with Gasteiger partial charge in [-0.15, -0.1) is 0 Å². The predicted molar refractivity (Wildman–Crippen MR) is 74.9 cm³/mol. The number of rotatable bonds is 4. The lowest BCUT2D eigenvalue weighted by Gasteiger charge is -2.31. The molecule has 2 rings (SSSR count). The minimum atomic E-state index is -0.544. The predicted octanol–water partition coefficient (Wildman–Crippen LogP) is 1.45. The fourth-order valence-corrected chi connectivity index (χ4v) is 2.27. The summed E-state index contributed by atoms with van der Waals surface area (Å²) in [5, 5.41) is 9.46. The SMILES string of the molecule is COc1cccc(OC(C)C(=O)N2CCC(O)CC2)c1. The molecule has 1 fully saturated rings. The monoisotopic (exact) mass is 279 g/mol. The van der Waals surface area contributed by atoms with Crippen molar-refractivity contribution in [2.75, 3.05) is 20.2 Å². The van der Waals surface area contributed by atoms with Crippen LogP contribution in [0.3, 0.4) is 0 Å². The van der Waals surface area contributed by atoms with Gasteiger partial charge in [-0.1, -0.05) is 6.07 Å². The molecule has 1 aliphatic heterocycles. The first-order valence-electron chi connectivity index (χ1n) is 6.87. The van der Waals surface area contributed by atoms with Crippen LogP contribution in [0.1, 0.15) is 19.8 Å². The van der Waals surface area contributed by atoms with Gasteiger partial charge in [0.1, 0.15) is 11.5 Å². The molecule has 20 heavy (non-hydrogen) atoms. The molecule has 0 spiro atoms. The number of amides is 1. The summed E-state index contributed by atoms with van der Waals surface area (Å²) < 4.78 is 10.8. The number of nitrogens with zero attached hydrogens (tertiary/aromatic N) is 1. The van der Waals surface area contributed by atoms with Crippen molar-refractivity contribution in [2.45, 2.75) is 32.0 Å². The van der Waals surface area contributed by atoms with E-state index in [0.717, 1.165) is 0 Å². The Bertz CT molecular complexity index is 455. The van der Waals surface area contributed by atoms with E-state index in [2.05, 4.69) is 0 Å². The van der Waals surface area contributed by atoms with Crippen LogP contribution in [0.4, 0.5) is 0 Å². The second kappa shape index (κ2) is 6.61. The summed E-state index contributed by atoms with van der Waals surface area (Å²) >= 11 is 0. The number of carbonyl (C=O) groups is 1. The molecule has 5 nitrogen and oxygen atoms in total. The maximum absolute atomic E-state index is 12.3. The van der Waals surface area contributed by atoms with Crippen LogP contribution in [0.5, 0.6) is 11.5 Å². The van der Waals surface area contributed by atoms with Gasteiger partial charge in [-0.05, 0) is 31.9 Å². The van der Waals surface area contributed by atoms with Crippen LogP contribution in [0.15, 0.2) is 24.3 Å². The Morgan fingerprint density at radius 3 is 2.65 bits per heavy atom. The summed E-state index contributed by atoms with van der Waals surface area (Å²) in [5.74, 6) is 1.27. The van der Waals surface area contributed by atoms with Gasteiger partial charge in [-0.3, -0.25) is 4.79 Å². The van der Waals surface area contributed by atoms with Crippen molar-refractivity contribution in [3.8, 4) is 11.5 Å². The van der Waals surface area contributed by atoms with E-state index in [4.69, 9.17) is 9.47 Å². The molecule has 1 saturated heterocycles. The van der Waals surface area contributed by atoms with Crippen molar-refractivity contribution in [3.63, 3.8) is 0 Å². The lowest BCUT2D eigenvalue weighted by molar-refractivity contribution is -0.139. The normalized spacial score (nSPS) is 17.6. The average molecular weight is 279 g/mol. The van der Waals surface area contributed by atoms with Crippen molar-refractivity contribution in [3.05, 3.63) is 24.3 Å². The Hall–Kier alpha value is -1.75. The molecule has 1 aromatic carbocycles. The minimum absolute atomic E-state index is 0.0419. The number of piperidine rings is 1. The van der Waals surface area contributed by atoms with Crippen LogP contribution in [0.2, 0.25) is 0 Å². The summed E-state index contributed by atoms with van der Waals surface area (Å²) in [6.45, 7) is 2.92. The number of carbonyl (C=O) groups excluding carboxylic acids is 1. The maximum Gasteiger partial charge on any atom is 0.263 e. The van der Waals surface area contributed by atoms with Crippen molar-refractivity contribution in [1.29, 1.82) is 0 Å². The quantitative estimate of drug-likeness (QED) is 0.906. The number of aliphatic hydroxyl groups excluding tert-OH is 1. The molecule has 0 bridgehead atoms. The highest BCUT2D eigenvalue weighted by atomic mass is 16.5. The first-order chi connectivity index (χ1) is 9.60. The number of hydrogen-bond donors (Lipinski definition) is 1. The molecule has 1 unspecified atom stereocenters. The molecule has 0 saturated carbocycles.